The molecule has 5 heteroatoms. The summed E-state index contributed by atoms with van der Waals surface area (Å²) in [6.45, 7) is 11.9. The highest BCUT2D eigenvalue weighted by molar-refractivity contribution is 5.68. The summed E-state index contributed by atoms with van der Waals surface area (Å²) in [6, 6.07) is 0.139. The van der Waals surface area contributed by atoms with Crippen LogP contribution in [0.15, 0.2) is 0 Å². The minimum atomic E-state index is -0.444. The fourth-order valence-corrected chi connectivity index (χ4v) is 3.52. The number of ether oxygens (including phenoxy) is 2. The molecular weight excluding hydrogens is 292 g/mol. The van der Waals surface area contributed by atoms with Crippen molar-refractivity contribution in [2.45, 2.75) is 77.5 Å². The lowest BCUT2D eigenvalue weighted by Gasteiger charge is -2.38. The zero-order valence-corrected chi connectivity index (χ0v) is 15.3. The van der Waals surface area contributed by atoms with Gasteiger partial charge in [-0.2, -0.15) is 0 Å². The Morgan fingerprint density at radius 3 is 2.74 bits per heavy atom. The van der Waals surface area contributed by atoms with Gasteiger partial charge in [-0.25, -0.2) is 4.79 Å². The van der Waals surface area contributed by atoms with Crippen LogP contribution in [0.25, 0.3) is 0 Å². The summed E-state index contributed by atoms with van der Waals surface area (Å²) in [7, 11) is 0. The summed E-state index contributed by atoms with van der Waals surface area (Å²) < 4.78 is 11.2. The molecule has 0 radical (unpaired) electrons. The van der Waals surface area contributed by atoms with Crippen molar-refractivity contribution in [2.75, 3.05) is 26.2 Å². The lowest BCUT2D eigenvalue weighted by atomic mass is 9.91. The Hall–Kier alpha value is -0.810. The number of hydrogen-bond donors (Lipinski definition) is 1. The van der Waals surface area contributed by atoms with Crippen molar-refractivity contribution < 1.29 is 14.3 Å². The minimum absolute atomic E-state index is 0.139. The Morgan fingerprint density at radius 1 is 1.30 bits per heavy atom. The molecule has 1 amide bonds. The summed E-state index contributed by atoms with van der Waals surface area (Å²) in [5.41, 5.74) is -0.444. The number of rotatable bonds is 4. The number of nitrogens with zero attached hydrogens (tertiary/aromatic N) is 1. The number of likely N-dealkylation sites (tertiary alicyclic amines) is 1. The number of carbonyl (C=O) groups excluding carboxylic acids is 1. The van der Waals surface area contributed by atoms with E-state index in [4.69, 9.17) is 9.47 Å². The fourth-order valence-electron chi connectivity index (χ4n) is 3.52. The van der Waals surface area contributed by atoms with Crippen LogP contribution in [0, 0.1) is 5.92 Å². The fraction of sp³-hybridized carbons (Fsp3) is 0.944. The third kappa shape index (κ3) is 6.68. The van der Waals surface area contributed by atoms with Gasteiger partial charge in [0.2, 0.25) is 0 Å². The van der Waals surface area contributed by atoms with Gasteiger partial charge in [0, 0.05) is 25.7 Å². The highest BCUT2D eigenvalue weighted by Crippen LogP contribution is 2.22. The van der Waals surface area contributed by atoms with Crippen LogP contribution in [0.5, 0.6) is 0 Å². The summed E-state index contributed by atoms with van der Waals surface area (Å²) in [5.74, 6) is 0.486. The first kappa shape index (κ1) is 18.5. The second-order valence-electron chi connectivity index (χ2n) is 8.09. The molecular formula is C18H34N2O3. The number of alkyl carbamates (subject to hydrolysis) is 1. The molecule has 5 nitrogen and oxygen atoms in total. The van der Waals surface area contributed by atoms with E-state index in [9.17, 15) is 4.79 Å². The topological polar surface area (TPSA) is 50.8 Å². The van der Waals surface area contributed by atoms with Gasteiger partial charge in [-0.1, -0.05) is 0 Å². The van der Waals surface area contributed by atoms with Gasteiger partial charge in [-0.3, -0.25) is 0 Å². The van der Waals surface area contributed by atoms with Gasteiger partial charge in [0.05, 0.1) is 6.10 Å². The van der Waals surface area contributed by atoms with E-state index in [1.54, 1.807) is 0 Å². The van der Waals surface area contributed by atoms with Gasteiger partial charge in [0.25, 0.3) is 0 Å². The first-order chi connectivity index (χ1) is 10.8. The van der Waals surface area contributed by atoms with Crippen LogP contribution in [-0.4, -0.2) is 55.0 Å². The van der Waals surface area contributed by atoms with Crippen LogP contribution in [-0.2, 0) is 9.47 Å². The van der Waals surface area contributed by atoms with Crippen molar-refractivity contribution in [2.24, 2.45) is 5.92 Å². The van der Waals surface area contributed by atoms with Crippen LogP contribution >= 0.6 is 0 Å². The highest BCUT2D eigenvalue weighted by atomic mass is 16.6. The molecule has 0 aromatic heterocycles. The Kier molecular flexibility index (Phi) is 6.72. The molecule has 0 spiro atoms. The summed E-state index contributed by atoms with van der Waals surface area (Å²) in [4.78, 5) is 14.5. The van der Waals surface area contributed by atoms with E-state index >= 15 is 0 Å². The number of hydrogen-bond acceptors (Lipinski definition) is 4. The normalized spacial score (nSPS) is 28.2. The largest absolute Gasteiger partial charge is 0.444 e. The molecule has 2 saturated heterocycles. The molecule has 134 valence electrons. The van der Waals surface area contributed by atoms with Crippen molar-refractivity contribution >= 4 is 6.09 Å². The lowest BCUT2D eigenvalue weighted by molar-refractivity contribution is -0.0145. The smallest absolute Gasteiger partial charge is 0.407 e. The number of carbonyl (C=O) groups is 1. The maximum atomic E-state index is 11.9. The van der Waals surface area contributed by atoms with Crippen LogP contribution in [0.4, 0.5) is 4.79 Å². The lowest BCUT2D eigenvalue weighted by Crippen LogP contribution is -2.49. The molecule has 0 saturated carbocycles. The van der Waals surface area contributed by atoms with Crippen LogP contribution < -0.4 is 5.32 Å². The minimum Gasteiger partial charge on any atom is -0.444 e. The predicted molar refractivity (Wildman–Crippen MR) is 91.6 cm³/mol. The molecule has 0 bridgehead atoms. The first-order valence-electron chi connectivity index (χ1n) is 9.17. The van der Waals surface area contributed by atoms with E-state index in [1.165, 1.54) is 32.1 Å². The Morgan fingerprint density at radius 2 is 2.09 bits per heavy atom. The predicted octanol–water partition coefficient (Wildman–Crippen LogP) is 3.18. The van der Waals surface area contributed by atoms with Crippen LogP contribution in [0.1, 0.15) is 59.8 Å². The maximum absolute atomic E-state index is 11.9. The standard InChI is InChI=1S/C18H34N2O3/c1-14(19-17(21)23-18(2,3)4)15-8-7-10-20(12-15)13-16-9-5-6-11-22-16/h14-16H,5-13H2,1-4H3,(H,19,21)/t14-,15+,16-/m0/s1. The van der Waals surface area contributed by atoms with Gasteiger partial charge >= 0.3 is 6.09 Å². The monoisotopic (exact) mass is 326 g/mol. The molecule has 2 rings (SSSR count). The van der Waals surface area contributed by atoms with Crippen molar-refractivity contribution in [1.29, 1.82) is 0 Å². The molecule has 2 fully saturated rings. The molecule has 2 aliphatic rings. The molecule has 0 aromatic carbocycles. The summed E-state index contributed by atoms with van der Waals surface area (Å²) >= 11 is 0. The number of nitrogens with one attached hydrogen (secondary N) is 1. The average molecular weight is 326 g/mol. The van der Waals surface area contributed by atoms with E-state index in [2.05, 4.69) is 17.1 Å². The molecule has 3 atom stereocenters. The summed E-state index contributed by atoms with van der Waals surface area (Å²) in [6.07, 6.45) is 6.13. The SMILES string of the molecule is C[C@H](NC(=O)OC(C)(C)C)[C@@H]1CCCN(C[C@@H]2CCCCO2)C1. The second kappa shape index (κ2) is 8.34. The van der Waals surface area contributed by atoms with Gasteiger partial charge in [-0.05, 0) is 72.3 Å². The Balaban J connectivity index is 1.76. The van der Waals surface area contributed by atoms with Crippen molar-refractivity contribution in [1.82, 2.24) is 10.2 Å². The van der Waals surface area contributed by atoms with Gasteiger partial charge in [-0.15, -0.1) is 0 Å². The molecule has 0 aliphatic carbocycles. The quantitative estimate of drug-likeness (QED) is 0.862. The molecule has 0 unspecified atom stereocenters. The van der Waals surface area contributed by atoms with E-state index < -0.39 is 5.60 Å². The maximum Gasteiger partial charge on any atom is 0.407 e. The van der Waals surface area contributed by atoms with E-state index in [-0.39, 0.29) is 12.1 Å². The summed E-state index contributed by atoms with van der Waals surface area (Å²) in [5, 5.41) is 3.01. The molecule has 1 N–H and O–H groups in total. The molecule has 23 heavy (non-hydrogen) atoms. The van der Waals surface area contributed by atoms with Crippen LogP contribution in [0.3, 0.4) is 0 Å². The average Bonchev–Trinajstić information content (AvgIpc) is 2.46. The molecule has 2 heterocycles. The third-order valence-corrected chi connectivity index (χ3v) is 4.73. The van der Waals surface area contributed by atoms with Crippen molar-refractivity contribution in [3.63, 3.8) is 0 Å². The van der Waals surface area contributed by atoms with Gasteiger partial charge in [0.15, 0.2) is 0 Å². The molecule has 0 aromatic rings. The molecule has 2 aliphatic heterocycles. The second-order valence-corrected chi connectivity index (χ2v) is 8.09. The van der Waals surface area contributed by atoms with E-state index in [0.717, 1.165) is 26.2 Å². The van der Waals surface area contributed by atoms with Crippen molar-refractivity contribution in [3.8, 4) is 0 Å². The highest BCUT2D eigenvalue weighted by Gasteiger charge is 2.28. The van der Waals surface area contributed by atoms with E-state index in [1.807, 2.05) is 20.8 Å². The zero-order valence-electron chi connectivity index (χ0n) is 15.3. The van der Waals surface area contributed by atoms with Crippen molar-refractivity contribution in [3.05, 3.63) is 0 Å². The van der Waals surface area contributed by atoms with E-state index in [0.29, 0.717) is 12.0 Å². The zero-order chi connectivity index (χ0) is 16.9. The number of amides is 1. The van der Waals surface area contributed by atoms with Crippen LogP contribution in [0.2, 0.25) is 0 Å². The Bertz CT molecular complexity index is 375. The first-order valence-corrected chi connectivity index (χ1v) is 9.17. The van der Waals surface area contributed by atoms with Gasteiger partial charge in [0.1, 0.15) is 5.60 Å². The third-order valence-electron chi connectivity index (χ3n) is 4.73. The van der Waals surface area contributed by atoms with Gasteiger partial charge < -0.3 is 19.7 Å². The number of piperidine rings is 1. The Labute approximate surface area is 141 Å².